The van der Waals surface area contributed by atoms with Gasteiger partial charge < -0.3 is 10.4 Å². The lowest BCUT2D eigenvalue weighted by atomic mass is 9.77. The van der Waals surface area contributed by atoms with Crippen LogP contribution in [0.5, 0.6) is 0 Å². The second-order valence-corrected chi connectivity index (χ2v) is 6.66. The molecule has 1 aromatic carbocycles. The van der Waals surface area contributed by atoms with E-state index < -0.39 is 5.97 Å². The molecule has 0 radical (unpaired) electrons. The Kier molecular flexibility index (Phi) is 5.80. The highest BCUT2D eigenvalue weighted by atomic mass is 16.4. The maximum atomic E-state index is 10.8. The number of carboxylic acid groups (broad SMARTS) is 1. The number of rotatable bonds is 6. The molecule has 1 fully saturated rings. The summed E-state index contributed by atoms with van der Waals surface area (Å²) in [5.41, 5.74) is 1.50. The van der Waals surface area contributed by atoms with Gasteiger partial charge in [-0.1, -0.05) is 26.0 Å². The first kappa shape index (κ1) is 16.0. The van der Waals surface area contributed by atoms with Crippen LogP contribution in [-0.4, -0.2) is 17.6 Å². The molecule has 21 heavy (non-hydrogen) atoms. The van der Waals surface area contributed by atoms with E-state index in [9.17, 15) is 4.79 Å². The molecule has 0 unspecified atom stereocenters. The van der Waals surface area contributed by atoms with Crippen LogP contribution < -0.4 is 5.32 Å². The number of carbonyl (C=O) groups is 1. The third kappa shape index (κ3) is 4.85. The van der Waals surface area contributed by atoms with Crippen LogP contribution in [0.3, 0.4) is 0 Å². The van der Waals surface area contributed by atoms with Crippen molar-refractivity contribution >= 4 is 5.97 Å². The minimum atomic E-state index is -0.864. The molecular formula is C18H27NO2. The number of hydrogen-bond donors (Lipinski definition) is 2. The quantitative estimate of drug-likeness (QED) is 0.834. The van der Waals surface area contributed by atoms with Crippen molar-refractivity contribution in [2.45, 2.75) is 46.1 Å². The van der Waals surface area contributed by atoms with E-state index in [1.165, 1.54) is 25.7 Å². The van der Waals surface area contributed by atoms with Crippen LogP contribution in [0.2, 0.25) is 0 Å². The first-order valence-corrected chi connectivity index (χ1v) is 8.09. The summed E-state index contributed by atoms with van der Waals surface area (Å²) in [7, 11) is 0. The Bertz CT molecular complexity index is 445. The van der Waals surface area contributed by atoms with Crippen molar-refractivity contribution in [1.82, 2.24) is 5.32 Å². The van der Waals surface area contributed by atoms with E-state index in [1.54, 1.807) is 12.1 Å². The van der Waals surface area contributed by atoms with Crippen LogP contribution in [0.1, 0.15) is 55.5 Å². The van der Waals surface area contributed by atoms with Crippen LogP contribution in [0.4, 0.5) is 0 Å². The summed E-state index contributed by atoms with van der Waals surface area (Å²) >= 11 is 0. The summed E-state index contributed by atoms with van der Waals surface area (Å²) in [6, 6.07) is 7.14. The molecule has 1 saturated carbocycles. The molecule has 0 heterocycles. The molecule has 1 aliphatic carbocycles. The second kappa shape index (κ2) is 7.60. The molecule has 0 aromatic heterocycles. The topological polar surface area (TPSA) is 49.3 Å². The fourth-order valence-electron chi connectivity index (χ4n) is 3.24. The van der Waals surface area contributed by atoms with Gasteiger partial charge in [-0.05, 0) is 67.7 Å². The van der Waals surface area contributed by atoms with Gasteiger partial charge in [0.2, 0.25) is 0 Å². The lowest BCUT2D eigenvalue weighted by Crippen LogP contribution is -2.27. The summed E-state index contributed by atoms with van der Waals surface area (Å²) in [5.74, 6) is 1.69. The Hall–Kier alpha value is -1.35. The zero-order valence-electron chi connectivity index (χ0n) is 13.1. The van der Waals surface area contributed by atoms with Crippen molar-refractivity contribution in [2.24, 2.45) is 17.8 Å². The predicted octanol–water partition coefficient (Wildman–Crippen LogP) is 3.94. The molecular weight excluding hydrogens is 262 g/mol. The monoisotopic (exact) mass is 289 g/mol. The van der Waals surface area contributed by atoms with E-state index in [0.29, 0.717) is 5.56 Å². The number of hydrogen-bond acceptors (Lipinski definition) is 2. The van der Waals surface area contributed by atoms with E-state index in [0.717, 1.165) is 36.4 Å². The highest BCUT2D eigenvalue weighted by Crippen LogP contribution is 2.32. The fourth-order valence-corrected chi connectivity index (χ4v) is 3.24. The Morgan fingerprint density at radius 3 is 2.33 bits per heavy atom. The Morgan fingerprint density at radius 1 is 1.19 bits per heavy atom. The lowest BCUT2D eigenvalue weighted by Gasteiger charge is -2.31. The van der Waals surface area contributed by atoms with Crippen molar-refractivity contribution in [3.63, 3.8) is 0 Å². The summed E-state index contributed by atoms with van der Waals surface area (Å²) in [4.78, 5) is 10.8. The number of carboxylic acids is 1. The Morgan fingerprint density at radius 2 is 1.81 bits per heavy atom. The van der Waals surface area contributed by atoms with Crippen LogP contribution in [-0.2, 0) is 6.54 Å². The number of aromatic carboxylic acids is 1. The predicted molar refractivity (Wildman–Crippen MR) is 85.4 cm³/mol. The Balaban J connectivity index is 1.69. The lowest BCUT2D eigenvalue weighted by molar-refractivity contribution is 0.0697. The van der Waals surface area contributed by atoms with Gasteiger partial charge in [0.15, 0.2) is 0 Å². The molecule has 0 aliphatic heterocycles. The number of benzene rings is 1. The van der Waals surface area contributed by atoms with E-state index >= 15 is 0 Å². The minimum absolute atomic E-state index is 0.353. The van der Waals surface area contributed by atoms with Gasteiger partial charge in [-0.25, -0.2) is 4.79 Å². The zero-order chi connectivity index (χ0) is 15.2. The molecule has 3 heteroatoms. The van der Waals surface area contributed by atoms with Gasteiger partial charge in [-0.15, -0.1) is 0 Å². The molecule has 1 aliphatic rings. The van der Waals surface area contributed by atoms with Crippen LogP contribution >= 0.6 is 0 Å². The molecule has 0 spiro atoms. The summed E-state index contributed by atoms with van der Waals surface area (Å²) in [6.45, 7) is 6.57. The largest absolute Gasteiger partial charge is 0.478 e. The van der Waals surface area contributed by atoms with E-state index in [1.807, 2.05) is 12.1 Å². The van der Waals surface area contributed by atoms with E-state index in [4.69, 9.17) is 5.11 Å². The van der Waals surface area contributed by atoms with Crippen molar-refractivity contribution in [2.75, 3.05) is 6.54 Å². The number of nitrogens with one attached hydrogen (secondary N) is 1. The van der Waals surface area contributed by atoms with Gasteiger partial charge in [0, 0.05) is 6.54 Å². The van der Waals surface area contributed by atoms with Crippen LogP contribution in [0, 0.1) is 17.8 Å². The summed E-state index contributed by atoms with van der Waals surface area (Å²) < 4.78 is 0. The van der Waals surface area contributed by atoms with Gasteiger partial charge in [-0.3, -0.25) is 0 Å². The van der Waals surface area contributed by atoms with Gasteiger partial charge in [0.25, 0.3) is 0 Å². The molecule has 1 aromatic rings. The smallest absolute Gasteiger partial charge is 0.335 e. The summed E-state index contributed by atoms with van der Waals surface area (Å²) in [5, 5.41) is 12.4. The maximum absolute atomic E-state index is 10.8. The molecule has 3 nitrogen and oxygen atoms in total. The SMILES string of the molecule is CC(C)C1CCC(CNCc2ccc(C(=O)O)cc2)CC1. The van der Waals surface area contributed by atoms with Crippen LogP contribution in [0.25, 0.3) is 0 Å². The van der Waals surface area contributed by atoms with Crippen molar-refractivity contribution in [3.8, 4) is 0 Å². The van der Waals surface area contributed by atoms with E-state index in [2.05, 4.69) is 19.2 Å². The van der Waals surface area contributed by atoms with Gasteiger partial charge in [0.1, 0.15) is 0 Å². The minimum Gasteiger partial charge on any atom is -0.478 e. The highest BCUT2D eigenvalue weighted by Gasteiger charge is 2.22. The standard InChI is InChI=1S/C18H27NO2/c1-13(2)16-7-3-14(4-8-16)11-19-12-15-5-9-17(10-6-15)18(20)21/h5-6,9-10,13-14,16,19H,3-4,7-8,11-12H2,1-2H3,(H,20,21). The van der Waals surface area contributed by atoms with E-state index in [-0.39, 0.29) is 0 Å². The molecule has 116 valence electrons. The first-order chi connectivity index (χ1) is 10.1. The molecule has 0 saturated heterocycles. The Labute approximate surface area is 127 Å². The molecule has 2 N–H and O–H groups in total. The first-order valence-electron chi connectivity index (χ1n) is 8.09. The zero-order valence-corrected chi connectivity index (χ0v) is 13.1. The van der Waals surface area contributed by atoms with Crippen molar-refractivity contribution < 1.29 is 9.90 Å². The average Bonchev–Trinajstić information content (AvgIpc) is 2.48. The van der Waals surface area contributed by atoms with Gasteiger partial charge >= 0.3 is 5.97 Å². The second-order valence-electron chi connectivity index (χ2n) is 6.66. The fraction of sp³-hybridized carbons (Fsp3) is 0.611. The molecule has 0 amide bonds. The molecule has 2 rings (SSSR count). The van der Waals surface area contributed by atoms with Crippen molar-refractivity contribution in [1.29, 1.82) is 0 Å². The maximum Gasteiger partial charge on any atom is 0.335 e. The molecule has 0 bridgehead atoms. The normalized spacial score (nSPS) is 22.4. The van der Waals surface area contributed by atoms with Gasteiger partial charge in [-0.2, -0.15) is 0 Å². The highest BCUT2D eigenvalue weighted by molar-refractivity contribution is 5.87. The third-order valence-corrected chi connectivity index (χ3v) is 4.80. The average molecular weight is 289 g/mol. The summed E-state index contributed by atoms with van der Waals surface area (Å²) in [6.07, 6.45) is 5.43. The molecule has 0 atom stereocenters. The van der Waals surface area contributed by atoms with Crippen LogP contribution in [0.15, 0.2) is 24.3 Å². The van der Waals surface area contributed by atoms with Gasteiger partial charge in [0.05, 0.1) is 5.56 Å². The van der Waals surface area contributed by atoms with Crippen molar-refractivity contribution in [3.05, 3.63) is 35.4 Å². The third-order valence-electron chi connectivity index (χ3n) is 4.80.